The summed E-state index contributed by atoms with van der Waals surface area (Å²) in [7, 11) is 0. The molecule has 1 fully saturated rings. The van der Waals surface area contributed by atoms with Crippen molar-refractivity contribution in [2.45, 2.75) is 31.7 Å². The Kier molecular flexibility index (Phi) is 2.71. The lowest BCUT2D eigenvalue weighted by atomic mass is 9.75. The molecule has 0 radical (unpaired) electrons. The van der Waals surface area contributed by atoms with Crippen LogP contribution in [0.2, 0.25) is 0 Å². The van der Waals surface area contributed by atoms with Crippen LogP contribution in [0.4, 0.5) is 0 Å². The highest BCUT2D eigenvalue weighted by Crippen LogP contribution is 2.40. The molecule has 0 spiro atoms. The molecule has 2 atom stereocenters. The molecule has 1 aliphatic heterocycles. The minimum atomic E-state index is 0.0759. The molecule has 1 aromatic rings. The molecule has 88 valence electrons. The molecule has 17 heavy (non-hydrogen) atoms. The largest absolute Gasteiger partial charge is 0.345 e. The molecule has 1 N–H and O–H groups in total. The van der Waals surface area contributed by atoms with Crippen LogP contribution < -0.4 is 5.32 Å². The molecular weight excluding hydrogens is 210 g/mol. The van der Waals surface area contributed by atoms with Crippen LogP contribution in [-0.2, 0) is 4.79 Å². The maximum Gasteiger partial charge on any atom is 0.244 e. The summed E-state index contributed by atoms with van der Waals surface area (Å²) >= 11 is 0. The van der Waals surface area contributed by atoms with Crippen LogP contribution in [0.5, 0.6) is 0 Å². The van der Waals surface area contributed by atoms with Gasteiger partial charge in [0.1, 0.15) is 0 Å². The maximum absolute atomic E-state index is 11.7. The Balaban J connectivity index is 1.95. The average molecular weight is 227 g/mol. The maximum atomic E-state index is 11.7. The number of nitrogens with one attached hydrogen (secondary N) is 1. The third-order valence-electron chi connectivity index (χ3n) is 3.88. The molecule has 2 aliphatic rings. The summed E-state index contributed by atoms with van der Waals surface area (Å²) in [5, 5.41) is 3.12. The van der Waals surface area contributed by atoms with E-state index in [9.17, 15) is 4.79 Å². The van der Waals surface area contributed by atoms with Crippen LogP contribution in [0.25, 0.3) is 0 Å². The number of hydrogen-bond donors (Lipinski definition) is 1. The van der Waals surface area contributed by atoms with Crippen LogP contribution in [0.1, 0.15) is 37.3 Å². The standard InChI is InChI=1S/C15H17NO/c17-14-10-12-8-4-5-9-13(12)15(16-14)11-6-2-1-3-7-11/h1-3,6-7,10,13,15H,4-5,8-9H2,(H,16,17). The molecular formula is C15H17NO. The van der Waals surface area contributed by atoms with E-state index in [0.717, 1.165) is 6.42 Å². The Morgan fingerprint density at radius 2 is 1.94 bits per heavy atom. The minimum absolute atomic E-state index is 0.0759. The zero-order valence-electron chi connectivity index (χ0n) is 9.86. The van der Waals surface area contributed by atoms with E-state index in [1.165, 1.54) is 30.4 Å². The topological polar surface area (TPSA) is 29.1 Å². The fourth-order valence-corrected chi connectivity index (χ4v) is 3.06. The van der Waals surface area contributed by atoms with E-state index in [4.69, 9.17) is 0 Å². The summed E-state index contributed by atoms with van der Waals surface area (Å²) in [5.74, 6) is 0.593. The summed E-state index contributed by atoms with van der Waals surface area (Å²) in [5.41, 5.74) is 2.59. The monoisotopic (exact) mass is 227 g/mol. The second kappa shape index (κ2) is 4.36. The van der Waals surface area contributed by atoms with Crippen molar-refractivity contribution >= 4 is 5.91 Å². The quantitative estimate of drug-likeness (QED) is 0.785. The molecule has 3 rings (SSSR count). The normalized spacial score (nSPS) is 28.0. The SMILES string of the molecule is O=C1C=C2CCCCC2C(c2ccccc2)N1. The highest BCUT2D eigenvalue weighted by atomic mass is 16.1. The van der Waals surface area contributed by atoms with Gasteiger partial charge in [0.25, 0.3) is 0 Å². The Morgan fingerprint density at radius 1 is 1.12 bits per heavy atom. The Labute approximate surface area is 102 Å². The number of rotatable bonds is 1. The molecule has 1 amide bonds. The molecule has 2 heteroatoms. The first kappa shape index (κ1) is 10.6. The van der Waals surface area contributed by atoms with Crippen molar-refractivity contribution in [3.05, 3.63) is 47.5 Å². The first-order valence-electron chi connectivity index (χ1n) is 6.40. The van der Waals surface area contributed by atoms with E-state index in [1.807, 2.05) is 24.3 Å². The van der Waals surface area contributed by atoms with Crippen LogP contribution >= 0.6 is 0 Å². The zero-order chi connectivity index (χ0) is 11.7. The molecule has 2 nitrogen and oxygen atoms in total. The van der Waals surface area contributed by atoms with Crippen molar-refractivity contribution in [2.24, 2.45) is 5.92 Å². The van der Waals surface area contributed by atoms with Gasteiger partial charge in [-0.1, -0.05) is 42.3 Å². The van der Waals surface area contributed by atoms with Gasteiger partial charge in [0.15, 0.2) is 0 Å². The molecule has 1 aromatic carbocycles. The second-order valence-corrected chi connectivity index (χ2v) is 4.97. The van der Waals surface area contributed by atoms with E-state index in [2.05, 4.69) is 17.4 Å². The number of hydrogen-bond acceptors (Lipinski definition) is 1. The fraction of sp³-hybridized carbons (Fsp3) is 0.400. The second-order valence-electron chi connectivity index (χ2n) is 4.97. The van der Waals surface area contributed by atoms with E-state index >= 15 is 0 Å². The fourth-order valence-electron chi connectivity index (χ4n) is 3.06. The Bertz CT molecular complexity index is 449. The van der Waals surface area contributed by atoms with Crippen molar-refractivity contribution in [3.8, 4) is 0 Å². The first-order valence-corrected chi connectivity index (χ1v) is 6.40. The predicted molar refractivity (Wildman–Crippen MR) is 67.4 cm³/mol. The van der Waals surface area contributed by atoms with Gasteiger partial charge >= 0.3 is 0 Å². The Hall–Kier alpha value is -1.57. The average Bonchev–Trinajstić information content (AvgIpc) is 2.39. The molecule has 0 aromatic heterocycles. The van der Waals surface area contributed by atoms with Gasteiger partial charge in [-0.15, -0.1) is 0 Å². The van der Waals surface area contributed by atoms with E-state index in [0.29, 0.717) is 5.92 Å². The summed E-state index contributed by atoms with van der Waals surface area (Å²) < 4.78 is 0. The zero-order valence-corrected chi connectivity index (χ0v) is 9.86. The third-order valence-corrected chi connectivity index (χ3v) is 3.88. The summed E-state index contributed by atoms with van der Waals surface area (Å²) in [6.45, 7) is 0. The number of carbonyl (C=O) groups is 1. The summed E-state index contributed by atoms with van der Waals surface area (Å²) in [4.78, 5) is 11.7. The van der Waals surface area contributed by atoms with E-state index in [-0.39, 0.29) is 11.9 Å². The molecule has 0 bridgehead atoms. The van der Waals surface area contributed by atoms with Crippen molar-refractivity contribution < 1.29 is 4.79 Å². The van der Waals surface area contributed by atoms with Crippen LogP contribution in [-0.4, -0.2) is 5.91 Å². The van der Waals surface area contributed by atoms with Crippen LogP contribution in [0, 0.1) is 5.92 Å². The number of carbonyl (C=O) groups excluding carboxylic acids is 1. The van der Waals surface area contributed by atoms with Crippen molar-refractivity contribution in [2.75, 3.05) is 0 Å². The lowest BCUT2D eigenvalue weighted by molar-refractivity contribution is -0.118. The van der Waals surface area contributed by atoms with Gasteiger partial charge in [-0.05, 0) is 24.8 Å². The number of benzene rings is 1. The summed E-state index contributed by atoms with van der Waals surface area (Å²) in [6.07, 6.45) is 6.63. The van der Waals surface area contributed by atoms with Gasteiger partial charge in [0.2, 0.25) is 5.91 Å². The van der Waals surface area contributed by atoms with Crippen molar-refractivity contribution in [1.29, 1.82) is 0 Å². The van der Waals surface area contributed by atoms with Gasteiger partial charge in [0, 0.05) is 12.0 Å². The summed E-state index contributed by atoms with van der Waals surface area (Å²) in [6, 6.07) is 10.5. The van der Waals surface area contributed by atoms with Gasteiger partial charge in [-0.3, -0.25) is 4.79 Å². The smallest absolute Gasteiger partial charge is 0.244 e. The molecule has 1 saturated carbocycles. The molecule has 1 heterocycles. The number of fused-ring (bicyclic) bond motifs is 1. The van der Waals surface area contributed by atoms with E-state index < -0.39 is 0 Å². The Morgan fingerprint density at radius 3 is 2.76 bits per heavy atom. The van der Waals surface area contributed by atoms with Gasteiger partial charge in [-0.2, -0.15) is 0 Å². The first-order chi connectivity index (χ1) is 8.34. The third kappa shape index (κ3) is 1.99. The highest BCUT2D eigenvalue weighted by molar-refractivity contribution is 5.89. The van der Waals surface area contributed by atoms with Crippen molar-refractivity contribution in [1.82, 2.24) is 5.32 Å². The van der Waals surface area contributed by atoms with E-state index in [1.54, 1.807) is 0 Å². The molecule has 2 unspecified atom stereocenters. The highest BCUT2D eigenvalue weighted by Gasteiger charge is 2.32. The molecule has 1 aliphatic carbocycles. The number of amides is 1. The van der Waals surface area contributed by atoms with Crippen molar-refractivity contribution in [3.63, 3.8) is 0 Å². The van der Waals surface area contributed by atoms with Crippen LogP contribution in [0.15, 0.2) is 42.0 Å². The van der Waals surface area contributed by atoms with Gasteiger partial charge in [-0.25, -0.2) is 0 Å². The lowest BCUT2D eigenvalue weighted by Gasteiger charge is -2.36. The lowest BCUT2D eigenvalue weighted by Crippen LogP contribution is -2.38. The van der Waals surface area contributed by atoms with Crippen LogP contribution in [0.3, 0.4) is 0 Å². The van der Waals surface area contributed by atoms with Gasteiger partial charge < -0.3 is 5.32 Å². The predicted octanol–water partition coefficient (Wildman–Crippen LogP) is 2.97. The molecule has 0 saturated heterocycles. The van der Waals surface area contributed by atoms with Gasteiger partial charge in [0.05, 0.1) is 6.04 Å². The minimum Gasteiger partial charge on any atom is -0.345 e.